The van der Waals surface area contributed by atoms with Gasteiger partial charge in [0.15, 0.2) is 11.4 Å². The summed E-state index contributed by atoms with van der Waals surface area (Å²) in [6, 6.07) is 0. The molecule has 0 aliphatic rings. The van der Waals surface area contributed by atoms with E-state index in [2.05, 4.69) is 295 Å². The Hall–Kier alpha value is -4.61. The molecule has 0 N–H and O–H groups in total. The predicted octanol–water partition coefficient (Wildman–Crippen LogP) is 19.2. The number of aryl methyl sites for hydroxylation is 2. The lowest BCUT2D eigenvalue weighted by molar-refractivity contribution is -0.849. The molecular formula is C85H132IN2OP+6. The van der Waals surface area contributed by atoms with Gasteiger partial charge in [0.05, 0.1) is 75.8 Å². The first kappa shape index (κ1) is 81.5. The Balaban J connectivity index is 0.000000421. The van der Waals surface area contributed by atoms with E-state index in [4.69, 9.17) is 4.42 Å². The smallest absolute Gasteiger partial charge is 0.333 e. The van der Waals surface area contributed by atoms with E-state index in [1.165, 1.54) is 206 Å². The number of quaternary nitrogens is 1. The molecule has 0 saturated carbocycles. The second-order valence-electron chi connectivity index (χ2n) is 29.9. The lowest BCUT2D eigenvalue weighted by atomic mass is 9.70. The van der Waals surface area contributed by atoms with Gasteiger partial charge in [0, 0.05) is 115 Å². The fraction of sp³-hybridized carbons (Fsp3) is 0.518. The molecule has 0 spiro atoms. The van der Waals surface area contributed by atoms with Crippen molar-refractivity contribution in [1.29, 1.82) is 0 Å². The lowest BCUT2D eigenvalue weighted by Gasteiger charge is -2.29. The van der Waals surface area contributed by atoms with Crippen molar-refractivity contribution in [2.24, 2.45) is 7.05 Å². The summed E-state index contributed by atoms with van der Waals surface area (Å²) < 4.78 is 12.1. The zero-order valence-electron chi connectivity index (χ0n) is 66.6. The molecule has 0 bridgehead atoms. The molecule has 494 valence electrons. The predicted molar refractivity (Wildman–Crippen MR) is 401 cm³/mol. The van der Waals surface area contributed by atoms with Crippen molar-refractivity contribution in [3.63, 3.8) is 0 Å². The summed E-state index contributed by atoms with van der Waals surface area (Å²) in [5, 5.41) is 0. The molecule has 0 amide bonds. The van der Waals surface area contributed by atoms with Gasteiger partial charge in [-0.2, -0.15) is 0 Å². The van der Waals surface area contributed by atoms with Gasteiger partial charge < -0.3 is 4.48 Å². The van der Waals surface area contributed by atoms with Crippen LogP contribution in [0, 0.1) is 255 Å². The van der Waals surface area contributed by atoms with Gasteiger partial charge in [-0.05, 0) is 309 Å². The molecule has 0 atom stereocenters. The first-order chi connectivity index (χ1) is 40.8. The molecular weight excluding hydrogens is 1220 g/mol. The first-order valence-corrected chi connectivity index (χ1v) is 38.7. The van der Waals surface area contributed by atoms with Crippen molar-refractivity contribution in [2.45, 2.75) is 242 Å². The number of benzene rings is 5. The number of pyridine rings is 1. The summed E-state index contributed by atoms with van der Waals surface area (Å²) in [5.41, 5.74) is 51.5. The van der Waals surface area contributed by atoms with E-state index in [-0.39, 0.29) is 28.5 Å². The maximum atomic E-state index is 5.52. The van der Waals surface area contributed by atoms with E-state index in [0.717, 1.165) is 16.0 Å². The van der Waals surface area contributed by atoms with Crippen LogP contribution in [0.15, 0.2) is 4.42 Å². The van der Waals surface area contributed by atoms with Gasteiger partial charge in [-0.15, -0.1) is 0 Å². The van der Waals surface area contributed by atoms with Gasteiger partial charge in [0.25, 0.3) is 0 Å². The first-order valence-electron chi connectivity index (χ1n) is 33.0. The third-order valence-corrected chi connectivity index (χ3v) is 25.8. The highest BCUT2D eigenvalue weighted by molar-refractivity contribution is 7.73. The summed E-state index contributed by atoms with van der Waals surface area (Å²) in [7, 11) is 10.2. The summed E-state index contributed by atoms with van der Waals surface area (Å²) in [6.45, 7) is 88.1. The van der Waals surface area contributed by atoms with Gasteiger partial charge in [-0.1, -0.05) is 0 Å². The van der Waals surface area contributed by atoms with Crippen LogP contribution in [0.1, 0.15) is 212 Å². The van der Waals surface area contributed by atoms with Gasteiger partial charge in [-0.3, -0.25) is 0 Å². The fourth-order valence-electron chi connectivity index (χ4n) is 12.1. The van der Waals surface area contributed by atoms with Crippen LogP contribution in [0.5, 0.6) is 0 Å². The quantitative estimate of drug-likeness (QED) is 0.0319. The van der Waals surface area contributed by atoms with Crippen LogP contribution >= 0.6 is 7.26 Å². The minimum atomic E-state index is -0.389. The summed E-state index contributed by atoms with van der Waals surface area (Å²) in [4.78, 5) is 0. The normalized spacial score (nSPS) is 11.2. The number of rotatable bonds is 5. The van der Waals surface area contributed by atoms with Gasteiger partial charge in [-0.25, -0.2) is 8.98 Å². The molecule has 7 rings (SSSR count). The van der Waals surface area contributed by atoms with Crippen LogP contribution < -0.4 is 25.8 Å². The third-order valence-electron chi connectivity index (χ3n) is 21.5. The Kier molecular flexibility index (Phi) is 29.0. The van der Waals surface area contributed by atoms with Gasteiger partial charge in [0.2, 0.25) is 7.14 Å². The van der Waals surface area contributed by atoms with E-state index >= 15 is 0 Å². The Bertz CT molecular complexity index is 3290. The highest BCUT2D eigenvalue weighted by atomic mass is 127. The Morgan fingerprint density at radius 1 is 0.256 bits per heavy atom. The number of hydrogen-bond donors (Lipinski definition) is 0. The van der Waals surface area contributed by atoms with Crippen LogP contribution in [0.2, 0.25) is 0 Å². The molecule has 2 aromatic heterocycles. The number of aromatic nitrogens is 1. The number of halogens is 1. The van der Waals surface area contributed by atoms with Gasteiger partial charge in [0.1, 0.15) is 7.05 Å². The maximum absolute atomic E-state index is 5.52. The van der Waals surface area contributed by atoms with Crippen molar-refractivity contribution in [2.75, 3.05) is 54.8 Å². The second kappa shape index (κ2) is 32.0. The molecule has 0 saturated heterocycles. The van der Waals surface area contributed by atoms with Crippen molar-refractivity contribution < 1.29 is 34.7 Å². The average molecular weight is 1360 g/mol. The lowest BCUT2D eigenvalue weighted by Crippen LogP contribution is -3.62. The van der Waals surface area contributed by atoms with Crippen LogP contribution in [0.3, 0.4) is 0 Å². The Labute approximate surface area is 567 Å². The van der Waals surface area contributed by atoms with Crippen molar-refractivity contribution in [1.82, 2.24) is 0 Å². The van der Waals surface area contributed by atoms with Crippen LogP contribution in [-0.4, -0.2) is 59.3 Å². The molecule has 0 aliphatic carbocycles. The topological polar surface area (TPSA) is 15.2 Å². The molecule has 7 aromatic rings. The summed E-state index contributed by atoms with van der Waals surface area (Å²) >= 11 is -0.151. The van der Waals surface area contributed by atoms with E-state index < -0.39 is 0 Å². The van der Waals surface area contributed by atoms with E-state index in [1.54, 1.807) is 7.14 Å². The van der Waals surface area contributed by atoms with Crippen molar-refractivity contribution in [3.05, 3.63) is 225 Å². The number of nitrogens with zero attached hydrogens (tertiary/aromatic N) is 2. The fourth-order valence-corrected chi connectivity index (χ4v) is 15.8. The van der Waals surface area contributed by atoms with Crippen LogP contribution in [0.25, 0.3) is 0 Å². The van der Waals surface area contributed by atoms with E-state index in [9.17, 15) is 0 Å². The average Bonchev–Trinajstić information content (AvgIpc) is 0.734. The molecule has 3 nitrogen and oxygen atoms in total. The Morgan fingerprint density at radius 3 is 0.589 bits per heavy atom. The monoisotopic (exact) mass is 1350 g/mol. The molecule has 90 heavy (non-hydrogen) atoms. The van der Waals surface area contributed by atoms with Gasteiger partial charge >= 0.3 is 32.7 Å². The molecule has 0 fully saturated rings. The van der Waals surface area contributed by atoms with Crippen molar-refractivity contribution >= 4 is 7.26 Å². The SMILES string of the molecule is C[N+](C)(C)C.C[P+](C)(C)C.Cc1[o+]c(C)c(C)c(C)c1C.Cc1c(C)c(C)[n+](C)c(C)c1C.Cc1c(C)c(C)c([C+](c2c(C)c(C)c(C)c(C)c2C)c2c(C)c(C)c(C)c(C)c2C)c(C)c1C.Cc1c(C)c(C)c([I+]c2c(C)c(C)c(C)c(C)c2C)c(C)c1C. The maximum Gasteiger partial charge on any atom is 0.359 e. The minimum absolute atomic E-state index is 0.151. The number of hydrogen-bond acceptors (Lipinski definition) is 0. The summed E-state index contributed by atoms with van der Waals surface area (Å²) in [6.07, 6.45) is 0. The largest absolute Gasteiger partial charge is 0.359 e. The molecule has 5 aromatic carbocycles. The van der Waals surface area contributed by atoms with E-state index in [0.29, 0.717) is 0 Å². The standard InChI is InChI=1S/C34H45.C22H30I.C11H18N.C10H15O.C4H12N.C4H12P/c1-16-19(4)25(10)31(26(11)20(16)5)34(32-27(12)21(6)17(2)22(7)28(32)13)33-29(14)23(8)18(3)24(9)30(33)15;1-11-13(3)17(7)21(18(8)14(11)4)23-22-19(9)15(5)12(2)16(6)20(22)10;1-7-8(2)10(4)12(6)11(5)9(7)3;1-6-7(2)9(4)11-10(5)8(6)3;2*1-5(2,3)4/h1-15H3;1-10H3;1-6H3;1-5H3;2*1-4H3/q6*+1. The van der Waals surface area contributed by atoms with Crippen LogP contribution in [-0.2, 0) is 7.05 Å². The molecule has 2 heterocycles. The third kappa shape index (κ3) is 18.4. The highest BCUT2D eigenvalue weighted by Crippen LogP contribution is 2.46. The molecule has 0 radical (unpaired) electrons. The zero-order chi connectivity index (χ0) is 70.7. The minimum Gasteiger partial charge on any atom is -0.333 e. The Morgan fingerprint density at radius 2 is 0.400 bits per heavy atom. The van der Waals surface area contributed by atoms with E-state index in [1.807, 2.05) is 13.8 Å². The molecule has 5 heteroatoms. The zero-order valence-corrected chi connectivity index (χ0v) is 69.7. The molecule has 0 unspecified atom stereocenters. The summed E-state index contributed by atoms with van der Waals surface area (Å²) in [5.74, 6) is 3.50. The van der Waals surface area contributed by atoms with Crippen LogP contribution in [0.4, 0.5) is 0 Å². The second-order valence-corrected chi connectivity index (χ2v) is 38.0. The highest BCUT2D eigenvalue weighted by Gasteiger charge is 2.37. The molecule has 0 aliphatic heterocycles. The van der Waals surface area contributed by atoms with Crippen molar-refractivity contribution in [3.8, 4) is 0 Å².